The van der Waals surface area contributed by atoms with E-state index in [-0.39, 0.29) is 24.1 Å². The van der Waals surface area contributed by atoms with Crippen LogP contribution in [0.5, 0.6) is 0 Å². The van der Waals surface area contributed by atoms with Crippen molar-refractivity contribution in [2.45, 2.75) is 12.6 Å². The van der Waals surface area contributed by atoms with Crippen molar-refractivity contribution in [1.29, 1.82) is 0 Å². The summed E-state index contributed by atoms with van der Waals surface area (Å²) >= 11 is 0. The average Bonchev–Trinajstić information content (AvgIpc) is 2.63. The summed E-state index contributed by atoms with van der Waals surface area (Å²) in [6, 6.07) is 0. The molecule has 0 aliphatic carbocycles. The molecule has 3 N–H and O–H groups in total. The third-order valence-corrected chi connectivity index (χ3v) is 2.07. The van der Waals surface area contributed by atoms with Gasteiger partial charge in [0.25, 0.3) is 5.56 Å². The Kier molecular flexibility index (Phi) is 2.48. The predicted molar refractivity (Wildman–Crippen MR) is 51.1 cm³/mol. The number of hydrogen-bond donors (Lipinski definition) is 3. The van der Waals surface area contributed by atoms with Gasteiger partial charge in [-0.25, -0.2) is 9.97 Å². The summed E-state index contributed by atoms with van der Waals surface area (Å²) in [4.78, 5) is 21.4. The molecule has 1 atom stereocenters. The van der Waals surface area contributed by atoms with E-state index in [2.05, 4.69) is 15.0 Å². The van der Waals surface area contributed by atoms with Crippen LogP contribution >= 0.6 is 0 Å². The number of aromatic amines is 1. The Balaban J connectivity index is 2.54. The van der Waals surface area contributed by atoms with Gasteiger partial charge in [0.1, 0.15) is 6.23 Å². The molecule has 0 spiro atoms. The van der Waals surface area contributed by atoms with Gasteiger partial charge in [0.2, 0.25) is 0 Å². The highest BCUT2D eigenvalue weighted by Crippen LogP contribution is 2.12. The summed E-state index contributed by atoms with van der Waals surface area (Å²) in [5.74, 6) is 0. The van der Waals surface area contributed by atoms with Crippen molar-refractivity contribution in [3.8, 4) is 0 Å². The predicted octanol–water partition coefficient (Wildman–Crippen LogP) is -1.01. The molecule has 0 aliphatic rings. The summed E-state index contributed by atoms with van der Waals surface area (Å²) in [7, 11) is 0. The first-order valence-corrected chi connectivity index (χ1v) is 4.43. The summed E-state index contributed by atoms with van der Waals surface area (Å²) in [5, 5.41) is 18.3. The lowest BCUT2D eigenvalue weighted by Crippen LogP contribution is -2.11. The number of hydrogen-bond acceptors (Lipinski definition) is 5. The molecule has 0 saturated carbocycles. The van der Waals surface area contributed by atoms with E-state index in [0.717, 1.165) is 0 Å². The Morgan fingerprint density at radius 1 is 1.53 bits per heavy atom. The molecule has 7 nitrogen and oxygen atoms in total. The number of imidazole rings is 1. The second-order valence-corrected chi connectivity index (χ2v) is 3.05. The monoisotopic (exact) mass is 210 g/mol. The van der Waals surface area contributed by atoms with Crippen LogP contribution in [0.3, 0.4) is 0 Å². The lowest BCUT2D eigenvalue weighted by Gasteiger charge is -2.10. The Bertz CT molecular complexity index is 518. The molecular formula is C8H10N4O3. The summed E-state index contributed by atoms with van der Waals surface area (Å²) in [5.41, 5.74) is 0.129. The minimum absolute atomic E-state index is 0.149. The molecule has 0 fully saturated rings. The topological polar surface area (TPSA) is 104 Å². The maximum Gasteiger partial charge on any atom is 0.278 e. The van der Waals surface area contributed by atoms with Crippen molar-refractivity contribution in [2.75, 3.05) is 6.61 Å². The Morgan fingerprint density at radius 2 is 2.33 bits per heavy atom. The first-order chi connectivity index (χ1) is 7.24. The van der Waals surface area contributed by atoms with Gasteiger partial charge in [-0.15, -0.1) is 0 Å². The van der Waals surface area contributed by atoms with E-state index in [1.165, 1.54) is 17.2 Å². The highest BCUT2D eigenvalue weighted by atomic mass is 16.3. The van der Waals surface area contributed by atoms with Crippen LogP contribution in [0.4, 0.5) is 0 Å². The molecule has 80 valence electrons. The fourth-order valence-electron chi connectivity index (χ4n) is 1.34. The molecule has 2 heterocycles. The molecule has 0 amide bonds. The normalized spacial score (nSPS) is 13.2. The number of nitrogens with zero attached hydrogens (tertiary/aromatic N) is 3. The van der Waals surface area contributed by atoms with Gasteiger partial charge in [0.15, 0.2) is 11.2 Å². The second kappa shape index (κ2) is 3.79. The Labute approximate surface area is 84.0 Å². The molecule has 15 heavy (non-hydrogen) atoms. The zero-order chi connectivity index (χ0) is 10.8. The average molecular weight is 210 g/mol. The van der Waals surface area contributed by atoms with Crippen LogP contribution in [0, 0.1) is 0 Å². The van der Waals surface area contributed by atoms with Gasteiger partial charge in [-0.3, -0.25) is 9.36 Å². The lowest BCUT2D eigenvalue weighted by molar-refractivity contribution is 0.0759. The van der Waals surface area contributed by atoms with Crippen molar-refractivity contribution in [3.05, 3.63) is 23.0 Å². The van der Waals surface area contributed by atoms with Crippen molar-refractivity contribution in [2.24, 2.45) is 0 Å². The number of H-pyrrole nitrogens is 1. The van der Waals surface area contributed by atoms with E-state index in [1.807, 2.05) is 0 Å². The fourth-order valence-corrected chi connectivity index (χ4v) is 1.34. The van der Waals surface area contributed by atoms with Gasteiger partial charge in [0.05, 0.1) is 12.7 Å². The van der Waals surface area contributed by atoms with Crippen LogP contribution in [0.25, 0.3) is 11.2 Å². The summed E-state index contributed by atoms with van der Waals surface area (Å²) in [6.45, 7) is -0.149. The highest BCUT2D eigenvalue weighted by molar-refractivity contribution is 5.68. The molecule has 0 bridgehead atoms. The van der Waals surface area contributed by atoms with E-state index in [9.17, 15) is 9.90 Å². The Morgan fingerprint density at radius 3 is 3.07 bits per heavy atom. The molecule has 2 aromatic rings. The van der Waals surface area contributed by atoms with E-state index in [1.54, 1.807) is 0 Å². The molecule has 0 saturated heterocycles. The van der Waals surface area contributed by atoms with E-state index in [0.29, 0.717) is 5.65 Å². The zero-order valence-electron chi connectivity index (χ0n) is 7.79. The second-order valence-electron chi connectivity index (χ2n) is 3.05. The first kappa shape index (κ1) is 9.81. The Hall–Kier alpha value is -1.73. The largest absolute Gasteiger partial charge is 0.396 e. The van der Waals surface area contributed by atoms with Crippen molar-refractivity contribution >= 4 is 11.2 Å². The molecule has 1 unspecified atom stereocenters. The van der Waals surface area contributed by atoms with Crippen molar-refractivity contribution in [1.82, 2.24) is 19.5 Å². The lowest BCUT2D eigenvalue weighted by atomic mass is 10.4. The molecular weight excluding hydrogens is 200 g/mol. The third kappa shape index (κ3) is 1.62. The first-order valence-electron chi connectivity index (χ1n) is 4.43. The van der Waals surface area contributed by atoms with Gasteiger partial charge >= 0.3 is 0 Å². The van der Waals surface area contributed by atoms with Crippen LogP contribution in [0.1, 0.15) is 12.6 Å². The van der Waals surface area contributed by atoms with Crippen molar-refractivity contribution < 1.29 is 10.2 Å². The maximum atomic E-state index is 11.3. The number of fused-ring (bicyclic) bond motifs is 1. The van der Waals surface area contributed by atoms with E-state index >= 15 is 0 Å². The maximum absolute atomic E-state index is 11.3. The van der Waals surface area contributed by atoms with Gasteiger partial charge in [0, 0.05) is 13.0 Å². The molecule has 0 aliphatic heterocycles. The highest BCUT2D eigenvalue weighted by Gasteiger charge is 2.12. The van der Waals surface area contributed by atoms with Crippen LogP contribution in [0.15, 0.2) is 17.4 Å². The summed E-state index contributed by atoms with van der Waals surface area (Å²) in [6.07, 6.45) is 1.82. The minimum Gasteiger partial charge on any atom is -0.396 e. The van der Waals surface area contributed by atoms with Gasteiger partial charge in [-0.2, -0.15) is 0 Å². The third-order valence-electron chi connectivity index (χ3n) is 2.07. The quantitative estimate of drug-likeness (QED) is 0.602. The number of rotatable bonds is 3. The van der Waals surface area contributed by atoms with E-state index in [4.69, 9.17) is 5.11 Å². The smallest absolute Gasteiger partial charge is 0.278 e. The standard InChI is InChI=1S/C8H10N4O3/c13-2-1-5(14)12-4-11-6-7(12)9-3-10-8(6)15/h3-5,13-14H,1-2H2,(H,9,10,15). The number of nitrogens with one attached hydrogen (secondary N) is 1. The molecule has 0 radical (unpaired) electrons. The molecule has 2 aromatic heterocycles. The van der Waals surface area contributed by atoms with Crippen LogP contribution in [0.2, 0.25) is 0 Å². The molecule has 7 heteroatoms. The molecule has 2 rings (SSSR count). The van der Waals surface area contributed by atoms with Gasteiger partial charge in [-0.05, 0) is 0 Å². The zero-order valence-corrected chi connectivity index (χ0v) is 7.79. The number of aliphatic hydroxyl groups excluding tert-OH is 2. The van der Waals surface area contributed by atoms with Crippen LogP contribution < -0.4 is 5.56 Å². The van der Waals surface area contributed by atoms with Gasteiger partial charge < -0.3 is 15.2 Å². The number of aromatic nitrogens is 4. The SMILES string of the molecule is O=c1[nH]cnc2c1ncn2C(O)CCO. The minimum atomic E-state index is -0.922. The van der Waals surface area contributed by atoms with Crippen molar-refractivity contribution in [3.63, 3.8) is 0 Å². The van der Waals surface area contributed by atoms with E-state index < -0.39 is 6.23 Å². The fraction of sp³-hybridized carbons (Fsp3) is 0.375. The van der Waals surface area contributed by atoms with Gasteiger partial charge in [-0.1, -0.05) is 0 Å². The number of aliphatic hydroxyl groups is 2. The molecule has 0 aromatic carbocycles. The summed E-state index contributed by atoms with van der Waals surface area (Å²) < 4.78 is 1.35. The van der Waals surface area contributed by atoms with Crippen LogP contribution in [-0.2, 0) is 0 Å². The van der Waals surface area contributed by atoms with Crippen LogP contribution in [-0.4, -0.2) is 36.3 Å².